The summed E-state index contributed by atoms with van der Waals surface area (Å²) in [6.45, 7) is 5.17. The van der Waals surface area contributed by atoms with E-state index in [1.165, 1.54) is 25.9 Å². The monoisotopic (exact) mass is 260 g/mol. The van der Waals surface area contributed by atoms with Gasteiger partial charge in [0.05, 0.1) is 23.1 Å². The van der Waals surface area contributed by atoms with E-state index >= 15 is 0 Å². The van der Waals surface area contributed by atoms with Crippen LogP contribution in [-0.2, 0) is 0 Å². The molecule has 102 valence electrons. The Morgan fingerprint density at radius 3 is 2.84 bits per heavy atom. The highest BCUT2D eigenvalue weighted by Crippen LogP contribution is 2.27. The zero-order chi connectivity index (χ0) is 13.4. The van der Waals surface area contributed by atoms with Gasteiger partial charge in [-0.15, -0.1) is 0 Å². The maximum Gasteiger partial charge on any atom is 0.253 e. The Balaban J connectivity index is 1.73. The largest absolute Gasteiger partial charge is 0.397 e. The van der Waals surface area contributed by atoms with Gasteiger partial charge in [0.15, 0.2) is 0 Å². The fraction of sp³-hybridized carbons (Fsp3) is 0.571. The maximum atomic E-state index is 12.3. The number of aryl methyl sites for hydroxylation is 1. The summed E-state index contributed by atoms with van der Waals surface area (Å²) >= 11 is 0. The Bertz CT molecular complexity index is 494. The molecule has 3 saturated heterocycles. The third-order valence-corrected chi connectivity index (χ3v) is 4.33. The van der Waals surface area contributed by atoms with Crippen LogP contribution in [0.25, 0.3) is 0 Å². The fourth-order valence-electron chi connectivity index (χ4n) is 3.15. The Kier molecular flexibility index (Phi) is 3.14. The number of carbonyl (C=O) groups is 1. The number of amides is 1. The lowest BCUT2D eigenvalue weighted by Gasteiger charge is -2.44. The van der Waals surface area contributed by atoms with Crippen LogP contribution in [0.5, 0.6) is 0 Å². The number of nitrogens with two attached hydrogens (primary N) is 1. The predicted octanol–water partition coefficient (Wildman–Crippen LogP) is 0.796. The summed E-state index contributed by atoms with van der Waals surface area (Å²) in [6, 6.07) is 1.98. The van der Waals surface area contributed by atoms with Gasteiger partial charge in [-0.05, 0) is 44.8 Å². The quantitative estimate of drug-likeness (QED) is 0.825. The molecule has 1 atom stereocenters. The van der Waals surface area contributed by atoms with Crippen molar-refractivity contribution in [3.05, 3.63) is 23.5 Å². The van der Waals surface area contributed by atoms with E-state index in [9.17, 15) is 4.79 Å². The topological polar surface area (TPSA) is 71.2 Å². The number of nitrogens with one attached hydrogen (secondary N) is 1. The molecule has 3 aliphatic rings. The van der Waals surface area contributed by atoms with Crippen molar-refractivity contribution in [3.63, 3.8) is 0 Å². The van der Waals surface area contributed by atoms with Gasteiger partial charge in [-0.2, -0.15) is 0 Å². The molecule has 0 radical (unpaired) electrons. The standard InChI is InChI=1S/C14H20N4O/c1-9-12(6-11(15)7-16-9)14(19)17-13-8-18-4-2-10(13)3-5-18/h6-7,10,13H,2-5,8,15H2,1H3,(H,17,19). The summed E-state index contributed by atoms with van der Waals surface area (Å²) in [5, 5.41) is 3.16. The van der Waals surface area contributed by atoms with Crippen LogP contribution in [0, 0.1) is 12.8 Å². The molecule has 1 aromatic rings. The summed E-state index contributed by atoms with van der Waals surface area (Å²) in [4.78, 5) is 18.9. The molecule has 0 saturated carbocycles. The van der Waals surface area contributed by atoms with Crippen LogP contribution in [0.3, 0.4) is 0 Å². The van der Waals surface area contributed by atoms with Gasteiger partial charge in [-0.25, -0.2) is 0 Å². The van der Waals surface area contributed by atoms with Crippen molar-refractivity contribution in [2.75, 3.05) is 25.4 Å². The Morgan fingerprint density at radius 2 is 2.21 bits per heavy atom. The van der Waals surface area contributed by atoms with E-state index in [1.807, 2.05) is 6.92 Å². The van der Waals surface area contributed by atoms with Crippen LogP contribution in [0.1, 0.15) is 28.9 Å². The minimum Gasteiger partial charge on any atom is -0.397 e. The van der Waals surface area contributed by atoms with Crippen LogP contribution < -0.4 is 11.1 Å². The van der Waals surface area contributed by atoms with Crippen molar-refractivity contribution in [1.29, 1.82) is 0 Å². The third-order valence-electron chi connectivity index (χ3n) is 4.33. The lowest BCUT2D eigenvalue weighted by molar-refractivity contribution is 0.0620. The number of hydrogen-bond donors (Lipinski definition) is 2. The second kappa shape index (κ2) is 4.81. The van der Waals surface area contributed by atoms with Crippen LogP contribution in [0.15, 0.2) is 12.3 Å². The molecule has 1 amide bonds. The molecule has 2 bridgehead atoms. The molecule has 1 aromatic heterocycles. The first-order valence-corrected chi connectivity index (χ1v) is 6.89. The number of carbonyl (C=O) groups excluding carboxylic acids is 1. The molecular weight excluding hydrogens is 240 g/mol. The molecule has 5 nitrogen and oxygen atoms in total. The molecule has 4 heterocycles. The molecule has 5 heteroatoms. The number of hydrogen-bond acceptors (Lipinski definition) is 4. The van der Waals surface area contributed by atoms with E-state index in [-0.39, 0.29) is 11.9 Å². The zero-order valence-corrected chi connectivity index (χ0v) is 11.2. The molecule has 0 spiro atoms. The van der Waals surface area contributed by atoms with Gasteiger partial charge in [0.2, 0.25) is 0 Å². The highest BCUT2D eigenvalue weighted by Gasteiger charge is 2.35. The van der Waals surface area contributed by atoms with Crippen molar-refractivity contribution >= 4 is 11.6 Å². The van der Waals surface area contributed by atoms with Crippen molar-refractivity contribution in [2.24, 2.45) is 5.92 Å². The van der Waals surface area contributed by atoms with Crippen molar-refractivity contribution in [1.82, 2.24) is 15.2 Å². The van der Waals surface area contributed by atoms with Crippen molar-refractivity contribution < 1.29 is 4.79 Å². The summed E-state index contributed by atoms with van der Waals surface area (Å²) in [6.07, 6.45) is 3.97. The lowest BCUT2D eigenvalue weighted by Crippen LogP contribution is -2.57. The number of nitrogen functional groups attached to an aromatic ring is 1. The molecule has 3 aliphatic heterocycles. The average molecular weight is 260 g/mol. The minimum atomic E-state index is -0.0453. The first-order valence-electron chi connectivity index (χ1n) is 6.89. The SMILES string of the molecule is Cc1ncc(N)cc1C(=O)NC1CN2CCC1CC2. The number of nitrogens with zero attached hydrogens (tertiary/aromatic N) is 2. The smallest absolute Gasteiger partial charge is 0.253 e. The number of anilines is 1. The van der Waals surface area contributed by atoms with Gasteiger partial charge >= 0.3 is 0 Å². The Hall–Kier alpha value is -1.62. The van der Waals surface area contributed by atoms with Gasteiger partial charge in [-0.1, -0.05) is 0 Å². The van der Waals surface area contributed by atoms with Gasteiger partial charge in [-0.3, -0.25) is 9.78 Å². The number of aromatic nitrogens is 1. The first-order chi connectivity index (χ1) is 9.13. The summed E-state index contributed by atoms with van der Waals surface area (Å²) in [5.41, 5.74) is 7.56. The number of fused-ring (bicyclic) bond motifs is 3. The van der Waals surface area contributed by atoms with E-state index < -0.39 is 0 Å². The fourth-order valence-corrected chi connectivity index (χ4v) is 3.15. The first kappa shape index (κ1) is 12.4. The van der Waals surface area contributed by atoms with E-state index in [0.29, 0.717) is 17.2 Å². The molecule has 0 aromatic carbocycles. The van der Waals surface area contributed by atoms with Crippen molar-refractivity contribution in [3.8, 4) is 0 Å². The van der Waals surface area contributed by atoms with E-state index in [1.54, 1.807) is 12.3 Å². The molecule has 1 unspecified atom stereocenters. The predicted molar refractivity (Wildman–Crippen MR) is 73.8 cm³/mol. The third kappa shape index (κ3) is 2.42. The number of piperidine rings is 3. The van der Waals surface area contributed by atoms with Crippen LogP contribution in [0.2, 0.25) is 0 Å². The average Bonchev–Trinajstić information content (AvgIpc) is 2.43. The highest BCUT2D eigenvalue weighted by atomic mass is 16.1. The van der Waals surface area contributed by atoms with Gasteiger partial charge < -0.3 is 16.0 Å². The molecule has 0 aliphatic carbocycles. The summed E-state index contributed by atoms with van der Waals surface area (Å²) < 4.78 is 0. The van der Waals surface area contributed by atoms with Gasteiger partial charge in [0, 0.05) is 12.6 Å². The van der Waals surface area contributed by atoms with E-state index in [2.05, 4.69) is 15.2 Å². The van der Waals surface area contributed by atoms with Crippen LogP contribution >= 0.6 is 0 Å². The second-order valence-corrected chi connectivity index (χ2v) is 5.62. The molecule has 4 rings (SSSR count). The maximum absolute atomic E-state index is 12.3. The Morgan fingerprint density at radius 1 is 1.47 bits per heavy atom. The van der Waals surface area contributed by atoms with E-state index in [4.69, 9.17) is 5.73 Å². The zero-order valence-electron chi connectivity index (χ0n) is 11.2. The van der Waals surface area contributed by atoms with Crippen LogP contribution in [0.4, 0.5) is 5.69 Å². The lowest BCUT2D eigenvalue weighted by atomic mass is 9.84. The van der Waals surface area contributed by atoms with Gasteiger partial charge in [0.1, 0.15) is 0 Å². The Labute approximate surface area is 113 Å². The van der Waals surface area contributed by atoms with E-state index in [0.717, 1.165) is 12.2 Å². The van der Waals surface area contributed by atoms with Crippen LogP contribution in [-0.4, -0.2) is 41.5 Å². The summed E-state index contributed by atoms with van der Waals surface area (Å²) in [7, 11) is 0. The minimum absolute atomic E-state index is 0.0453. The normalized spacial score (nSPS) is 29.2. The molecule has 3 N–H and O–H groups in total. The summed E-state index contributed by atoms with van der Waals surface area (Å²) in [5.74, 6) is 0.583. The van der Waals surface area contributed by atoms with Crippen molar-refractivity contribution in [2.45, 2.75) is 25.8 Å². The molecule has 19 heavy (non-hydrogen) atoms. The number of rotatable bonds is 2. The van der Waals surface area contributed by atoms with Gasteiger partial charge in [0.25, 0.3) is 5.91 Å². The molecular formula is C14H20N4O. The highest BCUT2D eigenvalue weighted by molar-refractivity contribution is 5.96. The molecule has 3 fully saturated rings. The number of pyridine rings is 1. The second-order valence-electron chi connectivity index (χ2n) is 5.62.